The average molecular weight is 480 g/mol. The van der Waals surface area contributed by atoms with Gasteiger partial charge in [0.2, 0.25) is 0 Å². The summed E-state index contributed by atoms with van der Waals surface area (Å²) in [4.78, 5) is 35.1. The lowest BCUT2D eigenvalue weighted by Gasteiger charge is -2.29. The number of hydrogen-bond donors (Lipinski definition) is 2. The molecule has 5 rings (SSSR count). The molecule has 0 saturated carbocycles. The standard InChI is InChI=1S/C25H30N8O2/c1-15(2)32-9-10-33(25(32)35)21-11-20(18(12-27-21)24(34)26-3)28-19-8-6-7-17-22-16(14-31(5)29-22)13-30(4)23(17)19/h6-8,11-12,14-15H,9-10,13H2,1-5H3,(H,26,34)(H,27,28)/i3D3,13D2. The van der Waals surface area contributed by atoms with Gasteiger partial charge in [0.25, 0.3) is 5.91 Å². The van der Waals surface area contributed by atoms with Crippen LogP contribution in [-0.2, 0) is 13.5 Å². The van der Waals surface area contributed by atoms with E-state index in [2.05, 4.69) is 15.4 Å². The number of benzene rings is 1. The third-order valence-corrected chi connectivity index (χ3v) is 6.20. The predicted molar refractivity (Wildman–Crippen MR) is 136 cm³/mol. The van der Waals surface area contributed by atoms with Gasteiger partial charge < -0.3 is 20.4 Å². The zero-order chi connectivity index (χ0) is 29.1. The molecule has 0 radical (unpaired) electrons. The molecule has 1 aromatic carbocycles. The summed E-state index contributed by atoms with van der Waals surface area (Å²) in [5.74, 6) is -0.583. The zero-order valence-corrected chi connectivity index (χ0v) is 20.0. The van der Waals surface area contributed by atoms with E-state index in [9.17, 15) is 9.59 Å². The molecule has 0 atom stereocenters. The van der Waals surface area contributed by atoms with Crippen LogP contribution in [0.4, 0.5) is 27.7 Å². The van der Waals surface area contributed by atoms with Gasteiger partial charge in [0.05, 0.1) is 31.1 Å². The number of nitrogens with one attached hydrogen (secondary N) is 2. The van der Waals surface area contributed by atoms with Crippen molar-refractivity contribution >= 4 is 34.8 Å². The maximum absolute atomic E-state index is 13.0. The highest BCUT2D eigenvalue weighted by atomic mass is 16.2. The number of fused-ring (bicyclic) bond motifs is 3. The summed E-state index contributed by atoms with van der Waals surface area (Å²) in [5.41, 5.74) is 2.72. The maximum atomic E-state index is 13.0. The fourth-order valence-electron chi connectivity index (χ4n) is 4.54. The molecule has 2 aromatic heterocycles. The second kappa shape index (κ2) is 8.61. The van der Waals surface area contributed by atoms with Gasteiger partial charge in [0, 0.05) is 80.4 Å². The molecular weight excluding hydrogens is 444 g/mol. The predicted octanol–water partition coefficient (Wildman–Crippen LogP) is 3.19. The van der Waals surface area contributed by atoms with Gasteiger partial charge in [-0.15, -0.1) is 0 Å². The fraction of sp³-hybridized carbons (Fsp3) is 0.360. The highest BCUT2D eigenvalue weighted by Crippen LogP contribution is 2.43. The van der Waals surface area contributed by atoms with Gasteiger partial charge in [-0.3, -0.25) is 14.4 Å². The van der Waals surface area contributed by atoms with Crippen molar-refractivity contribution in [3.8, 4) is 11.3 Å². The number of anilines is 4. The quantitative estimate of drug-likeness (QED) is 0.583. The van der Waals surface area contributed by atoms with Crippen molar-refractivity contribution in [1.29, 1.82) is 0 Å². The van der Waals surface area contributed by atoms with Gasteiger partial charge in [0.15, 0.2) is 0 Å². The first kappa shape index (κ1) is 17.4. The van der Waals surface area contributed by atoms with E-state index in [1.54, 1.807) is 42.0 Å². The Bertz CT molecular complexity index is 1500. The molecule has 182 valence electrons. The number of amides is 3. The summed E-state index contributed by atoms with van der Waals surface area (Å²) < 4.78 is 41.6. The molecule has 3 amide bonds. The van der Waals surface area contributed by atoms with Gasteiger partial charge in [-0.2, -0.15) is 5.10 Å². The van der Waals surface area contributed by atoms with Crippen molar-refractivity contribution in [2.75, 3.05) is 42.2 Å². The van der Waals surface area contributed by atoms with E-state index in [0.717, 1.165) is 0 Å². The lowest BCUT2D eigenvalue weighted by Crippen LogP contribution is -2.36. The molecule has 4 heterocycles. The van der Waals surface area contributed by atoms with Crippen LogP contribution in [0.1, 0.15) is 36.6 Å². The molecule has 10 nitrogen and oxygen atoms in total. The van der Waals surface area contributed by atoms with Crippen LogP contribution in [0.2, 0.25) is 0 Å². The fourth-order valence-corrected chi connectivity index (χ4v) is 4.54. The summed E-state index contributed by atoms with van der Waals surface area (Å²) in [6, 6.07) is 6.65. The Balaban J connectivity index is 1.61. The zero-order valence-electron chi connectivity index (χ0n) is 25.0. The van der Waals surface area contributed by atoms with Crippen molar-refractivity contribution in [3.63, 3.8) is 0 Å². The number of rotatable bonds is 5. The van der Waals surface area contributed by atoms with Gasteiger partial charge in [-0.05, 0) is 19.9 Å². The molecule has 2 N–H and O–H groups in total. The Kier molecular flexibility index (Phi) is 4.27. The molecule has 10 heteroatoms. The lowest BCUT2D eigenvalue weighted by atomic mass is 9.99. The number of urea groups is 1. The topological polar surface area (TPSA) is 98.6 Å². The number of carbonyl (C=O) groups is 2. The van der Waals surface area contributed by atoms with Crippen LogP contribution >= 0.6 is 0 Å². The minimum Gasteiger partial charge on any atom is -0.368 e. The van der Waals surface area contributed by atoms with Crippen LogP contribution in [0.25, 0.3) is 11.3 Å². The summed E-state index contributed by atoms with van der Waals surface area (Å²) in [7, 11) is 3.36. The summed E-state index contributed by atoms with van der Waals surface area (Å²) >= 11 is 0. The average Bonchev–Trinajstić information content (AvgIpc) is 3.45. The van der Waals surface area contributed by atoms with Gasteiger partial charge in [-0.25, -0.2) is 9.78 Å². The third-order valence-electron chi connectivity index (χ3n) is 6.20. The molecule has 35 heavy (non-hydrogen) atoms. The SMILES string of the molecule is [2H]C([2H])([2H])NC(=O)c1cnc(N2CCN(C(C)C)C2=O)cc1Nc1cccc2c1N(C)C([2H])([2H])c1cn(C)nc1-2. The second-order valence-corrected chi connectivity index (χ2v) is 8.83. The molecule has 1 saturated heterocycles. The Morgan fingerprint density at radius 3 is 2.80 bits per heavy atom. The van der Waals surface area contributed by atoms with E-state index in [1.165, 1.54) is 22.1 Å². The summed E-state index contributed by atoms with van der Waals surface area (Å²) in [6.45, 7) is 0.140. The molecule has 0 spiro atoms. The minimum atomic E-state index is -2.73. The second-order valence-electron chi connectivity index (χ2n) is 8.83. The van der Waals surface area contributed by atoms with Crippen LogP contribution in [0.5, 0.6) is 0 Å². The maximum Gasteiger partial charge on any atom is 0.326 e. The summed E-state index contributed by atoms with van der Waals surface area (Å²) in [5, 5.41) is 9.69. The van der Waals surface area contributed by atoms with E-state index in [4.69, 9.17) is 6.85 Å². The van der Waals surface area contributed by atoms with Gasteiger partial charge in [0.1, 0.15) is 5.82 Å². The van der Waals surface area contributed by atoms with Gasteiger partial charge >= 0.3 is 6.03 Å². The Labute approximate surface area is 211 Å². The first-order valence-corrected chi connectivity index (χ1v) is 11.3. The van der Waals surface area contributed by atoms with E-state index < -0.39 is 19.4 Å². The number of aromatic nitrogens is 3. The van der Waals surface area contributed by atoms with E-state index in [1.807, 2.05) is 25.2 Å². The van der Waals surface area contributed by atoms with E-state index >= 15 is 0 Å². The smallest absolute Gasteiger partial charge is 0.326 e. The first-order chi connectivity index (χ1) is 18.7. The number of nitrogens with zero attached hydrogens (tertiary/aromatic N) is 6. The summed E-state index contributed by atoms with van der Waals surface area (Å²) in [6.07, 6.45) is 2.88. The Morgan fingerprint density at radius 1 is 1.23 bits per heavy atom. The Morgan fingerprint density at radius 2 is 2.06 bits per heavy atom. The number of pyridine rings is 1. The number of carbonyl (C=O) groups excluding carboxylic acids is 2. The van der Waals surface area contributed by atoms with E-state index in [-0.39, 0.29) is 23.3 Å². The lowest BCUT2D eigenvalue weighted by molar-refractivity contribution is 0.0963. The molecule has 2 aliphatic heterocycles. The third kappa shape index (κ3) is 3.84. The van der Waals surface area contributed by atoms with E-state index in [0.29, 0.717) is 47.1 Å². The van der Waals surface area contributed by atoms with Crippen molar-refractivity contribution in [2.24, 2.45) is 7.05 Å². The number of aryl methyl sites for hydroxylation is 1. The van der Waals surface area contributed by atoms with Gasteiger partial charge in [-0.1, -0.05) is 12.1 Å². The van der Waals surface area contributed by atoms with Crippen molar-refractivity contribution in [3.05, 3.63) is 47.8 Å². The van der Waals surface area contributed by atoms with Crippen LogP contribution in [-0.4, -0.2) is 64.8 Å². The molecular formula is C25H30N8O2. The molecule has 0 bridgehead atoms. The van der Waals surface area contributed by atoms with Crippen LogP contribution < -0.4 is 20.4 Å². The number of para-hydroxylation sites is 1. The molecule has 2 aliphatic rings. The molecule has 1 fully saturated rings. The first-order valence-electron chi connectivity index (χ1n) is 13.8. The monoisotopic (exact) mass is 479 g/mol. The largest absolute Gasteiger partial charge is 0.368 e. The normalized spacial score (nSPS) is 18.8. The van der Waals surface area contributed by atoms with Crippen molar-refractivity contribution in [1.82, 2.24) is 25.0 Å². The minimum absolute atomic E-state index is 0.00249. The highest BCUT2D eigenvalue weighted by molar-refractivity contribution is 6.02. The van der Waals surface area contributed by atoms with Crippen LogP contribution in [0.3, 0.4) is 0 Å². The molecule has 3 aromatic rings. The molecule has 0 unspecified atom stereocenters. The molecule has 0 aliphatic carbocycles. The van der Waals surface area contributed by atoms with Crippen molar-refractivity contribution < 1.29 is 16.4 Å². The van der Waals surface area contributed by atoms with Crippen LogP contribution in [0.15, 0.2) is 36.7 Å². The highest BCUT2D eigenvalue weighted by Gasteiger charge is 2.33. The van der Waals surface area contributed by atoms with Crippen LogP contribution in [0, 0.1) is 0 Å². The van der Waals surface area contributed by atoms with Crippen molar-refractivity contribution in [2.45, 2.75) is 26.4 Å². The number of hydrogen-bond acceptors (Lipinski definition) is 6. The Hall–Kier alpha value is -4.08.